The molecule has 3 aromatic heterocycles. The molecule has 0 saturated carbocycles. The fourth-order valence-corrected chi connectivity index (χ4v) is 6.48. The molecule has 252 valence electrons. The van der Waals surface area contributed by atoms with E-state index in [4.69, 9.17) is 15.6 Å². The average molecular weight is 683 g/mol. The predicted octanol–water partition coefficient (Wildman–Crippen LogP) is 5.51. The van der Waals surface area contributed by atoms with E-state index in [-0.39, 0.29) is 29.2 Å². The van der Waals surface area contributed by atoms with Crippen LogP contribution in [-0.2, 0) is 21.9 Å². The van der Waals surface area contributed by atoms with Crippen molar-refractivity contribution in [1.82, 2.24) is 29.4 Å². The molecule has 1 atom stereocenters. The first-order chi connectivity index (χ1) is 22.8. The number of alkyl halides is 2. The van der Waals surface area contributed by atoms with Crippen molar-refractivity contribution in [2.24, 2.45) is 7.05 Å². The maximum Gasteiger partial charge on any atom is 0.355 e. The second-order valence-corrected chi connectivity index (χ2v) is 13.3. The second kappa shape index (κ2) is 12.8. The van der Waals surface area contributed by atoms with Crippen molar-refractivity contribution in [3.63, 3.8) is 0 Å². The van der Waals surface area contributed by atoms with Crippen molar-refractivity contribution in [2.75, 3.05) is 23.5 Å². The Morgan fingerprint density at radius 3 is 2.46 bits per heavy atom. The number of rotatable bonds is 9. The number of pyridine rings is 1. The van der Waals surface area contributed by atoms with Crippen LogP contribution in [-0.4, -0.2) is 62.6 Å². The molecule has 1 aliphatic heterocycles. The average Bonchev–Trinajstić information content (AvgIpc) is 3.68. The lowest BCUT2D eigenvalue weighted by molar-refractivity contribution is -0.130. The van der Waals surface area contributed by atoms with Gasteiger partial charge in [0.15, 0.2) is 0 Å². The number of likely N-dealkylation sites (tertiary alicyclic amines) is 1. The topological polar surface area (TPSA) is 150 Å². The number of aryl methyl sites for hydroxylation is 1. The molecule has 6 rings (SSSR count). The summed E-state index contributed by atoms with van der Waals surface area (Å²) in [6.45, 7) is 4.54. The van der Waals surface area contributed by atoms with Crippen LogP contribution < -0.4 is 15.2 Å². The number of aromatic nitrogens is 5. The highest BCUT2D eigenvalue weighted by Crippen LogP contribution is 2.40. The zero-order chi connectivity index (χ0) is 34.3. The number of amides is 1. The Labute approximate surface area is 274 Å². The molecule has 0 unspecified atom stereocenters. The highest BCUT2D eigenvalue weighted by Gasteiger charge is 2.27. The van der Waals surface area contributed by atoms with Gasteiger partial charge in [-0.3, -0.25) is 18.9 Å². The molecule has 5 aromatic rings. The number of hydrogen-bond donors (Lipinski definition) is 2. The molecule has 4 heterocycles. The second-order valence-electron chi connectivity index (χ2n) is 11.6. The van der Waals surface area contributed by atoms with Crippen molar-refractivity contribution >= 4 is 38.3 Å². The van der Waals surface area contributed by atoms with Gasteiger partial charge in [0, 0.05) is 56.1 Å². The zero-order valence-corrected chi connectivity index (χ0v) is 27.1. The van der Waals surface area contributed by atoms with Crippen LogP contribution in [0.25, 0.3) is 33.3 Å². The van der Waals surface area contributed by atoms with Crippen LogP contribution >= 0.6 is 0 Å². The van der Waals surface area contributed by atoms with Gasteiger partial charge in [-0.1, -0.05) is 18.2 Å². The number of nitrogens with one attached hydrogen (secondary N) is 1. The van der Waals surface area contributed by atoms with Crippen LogP contribution in [0.15, 0.2) is 61.1 Å². The van der Waals surface area contributed by atoms with E-state index in [0.29, 0.717) is 40.8 Å². The number of piperidine rings is 1. The standard InChI is InChI=1S/C32H33F3N8O4S/c1-18(20-4-7-23(33)8-5-20)47-27-14-21(6-9-26(27)40-48(45,46)32(34)35)29-28-30(41(3)39-29)25(16-37-31(28)36)22-15-38-43(17-22)24-10-12-42(13-11-24)19(2)44/h4-9,14-18,24,32,40H,10-13H2,1-3H3,(H2,36,37)/t18-/m0/s1. The minimum Gasteiger partial charge on any atom is -0.484 e. The van der Waals surface area contributed by atoms with Crippen LogP contribution in [0, 0.1) is 5.82 Å². The summed E-state index contributed by atoms with van der Waals surface area (Å²) in [5, 5.41) is 9.84. The van der Waals surface area contributed by atoms with Gasteiger partial charge in [-0.25, -0.2) is 17.8 Å². The Morgan fingerprint density at radius 2 is 1.79 bits per heavy atom. The summed E-state index contributed by atoms with van der Waals surface area (Å²) in [7, 11) is -3.29. The van der Waals surface area contributed by atoms with E-state index in [1.54, 1.807) is 38.0 Å². The highest BCUT2D eigenvalue weighted by atomic mass is 32.2. The Hall–Kier alpha value is -5.12. The number of ether oxygens (including phenoxy) is 1. The maximum absolute atomic E-state index is 13.5. The molecule has 16 heteroatoms. The van der Waals surface area contributed by atoms with Crippen LogP contribution in [0.3, 0.4) is 0 Å². The highest BCUT2D eigenvalue weighted by molar-refractivity contribution is 7.93. The number of carbonyl (C=O) groups excluding carboxylic acids is 1. The number of nitrogens with two attached hydrogens (primary N) is 1. The number of carbonyl (C=O) groups is 1. The summed E-state index contributed by atoms with van der Waals surface area (Å²) in [4.78, 5) is 18.0. The Morgan fingerprint density at radius 1 is 1.08 bits per heavy atom. The number of sulfonamides is 1. The molecule has 1 fully saturated rings. The third-order valence-corrected chi connectivity index (χ3v) is 9.45. The monoisotopic (exact) mass is 682 g/mol. The van der Waals surface area contributed by atoms with Gasteiger partial charge in [-0.05, 0) is 49.6 Å². The Balaban J connectivity index is 1.38. The molecule has 0 bridgehead atoms. The third-order valence-electron chi connectivity index (χ3n) is 8.47. The molecule has 3 N–H and O–H groups in total. The molecule has 0 radical (unpaired) electrons. The van der Waals surface area contributed by atoms with Gasteiger partial charge in [0.05, 0.1) is 28.8 Å². The van der Waals surface area contributed by atoms with Crippen LogP contribution in [0.5, 0.6) is 5.75 Å². The zero-order valence-electron chi connectivity index (χ0n) is 26.3. The van der Waals surface area contributed by atoms with E-state index in [0.717, 1.165) is 24.0 Å². The van der Waals surface area contributed by atoms with E-state index in [1.165, 1.54) is 42.5 Å². The lowest BCUT2D eigenvalue weighted by Crippen LogP contribution is -2.37. The van der Waals surface area contributed by atoms with E-state index in [9.17, 15) is 26.4 Å². The lowest BCUT2D eigenvalue weighted by Gasteiger charge is -2.31. The summed E-state index contributed by atoms with van der Waals surface area (Å²) in [6.07, 6.45) is 6.15. The van der Waals surface area contributed by atoms with Crippen molar-refractivity contribution in [2.45, 2.75) is 44.6 Å². The molecular weight excluding hydrogens is 649 g/mol. The normalized spacial score (nSPS) is 14.9. The summed E-state index contributed by atoms with van der Waals surface area (Å²) in [6, 6.07) is 9.93. The van der Waals surface area contributed by atoms with E-state index >= 15 is 0 Å². The first-order valence-corrected chi connectivity index (χ1v) is 16.6. The SMILES string of the molecule is CC(=O)N1CCC(n2cc(-c3cnc(N)c4c(-c5ccc(NS(=O)(=O)C(F)F)c(O[C@@H](C)c6ccc(F)cc6)c5)nn(C)c34)cn2)CC1. The van der Waals surface area contributed by atoms with Crippen LogP contribution in [0.4, 0.5) is 24.7 Å². The molecule has 0 aliphatic carbocycles. The van der Waals surface area contributed by atoms with E-state index in [1.807, 2.05) is 20.5 Å². The Kier molecular flexibility index (Phi) is 8.76. The largest absolute Gasteiger partial charge is 0.484 e. The fraction of sp³-hybridized carbons (Fsp3) is 0.312. The van der Waals surface area contributed by atoms with Crippen molar-refractivity contribution < 1.29 is 31.1 Å². The number of nitrogen functional groups attached to an aromatic ring is 1. The van der Waals surface area contributed by atoms with E-state index in [2.05, 4.69) is 10.1 Å². The van der Waals surface area contributed by atoms with Crippen LogP contribution in [0.2, 0.25) is 0 Å². The van der Waals surface area contributed by atoms with Gasteiger partial charge in [0.25, 0.3) is 10.0 Å². The van der Waals surface area contributed by atoms with Gasteiger partial charge in [-0.2, -0.15) is 19.0 Å². The smallest absolute Gasteiger partial charge is 0.355 e. The summed E-state index contributed by atoms with van der Waals surface area (Å²) < 4.78 is 75.9. The number of halogens is 3. The minimum absolute atomic E-state index is 0.0575. The maximum atomic E-state index is 13.5. The lowest BCUT2D eigenvalue weighted by atomic mass is 10.0. The van der Waals surface area contributed by atoms with Gasteiger partial charge in [-0.15, -0.1) is 0 Å². The molecule has 1 saturated heterocycles. The molecule has 1 amide bonds. The number of hydrogen-bond acceptors (Lipinski definition) is 8. The fourth-order valence-electron chi connectivity index (χ4n) is 5.91. The summed E-state index contributed by atoms with van der Waals surface area (Å²) in [5.41, 5.74) is 9.76. The number of anilines is 2. The minimum atomic E-state index is -5.03. The number of nitrogens with zero attached hydrogens (tertiary/aromatic N) is 6. The molecular formula is C32H33F3N8O4S. The van der Waals surface area contributed by atoms with Gasteiger partial charge >= 0.3 is 5.76 Å². The first-order valence-electron chi connectivity index (χ1n) is 15.1. The number of benzene rings is 2. The van der Waals surface area contributed by atoms with Gasteiger partial charge < -0.3 is 15.4 Å². The molecule has 0 spiro atoms. The molecule has 12 nitrogen and oxygen atoms in total. The predicted molar refractivity (Wildman–Crippen MR) is 174 cm³/mol. The van der Waals surface area contributed by atoms with E-state index < -0.39 is 27.7 Å². The molecule has 1 aliphatic rings. The molecule has 48 heavy (non-hydrogen) atoms. The van der Waals surface area contributed by atoms with Crippen LogP contribution in [0.1, 0.15) is 44.4 Å². The van der Waals surface area contributed by atoms with Crippen molar-refractivity contribution in [3.05, 3.63) is 72.4 Å². The summed E-state index contributed by atoms with van der Waals surface area (Å²) >= 11 is 0. The third kappa shape index (κ3) is 6.39. The quantitative estimate of drug-likeness (QED) is 0.207. The van der Waals surface area contributed by atoms with Crippen molar-refractivity contribution in [3.8, 4) is 28.1 Å². The van der Waals surface area contributed by atoms with Gasteiger partial charge in [0.2, 0.25) is 5.91 Å². The number of fused-ring (bicyclic) bond motifs is 1. The Bertz CT molecular complexity index is 2090. The summed E-state index contributed by atoms with van der Waals surface area (Å²) in [5.74, 6) is -3.95. The van der Waals surface area contributed by atoms with Gasteiger partial charge in [0.1, 0.15) is 29.2 Å². The first kappa shape index (κ1) is 32.8. The van der Waals surface area contributed by atoms with Crippen molar-refractivity contribution in [1.29, 1.82) is 0 Å². The molecule has 2 aromatic carbocycles.